The van der Waals surface area contributed by atoms with Gasteiger partial charge in [0.25, 0.3) is 0 Å². The minimum atomic E-state index is -0.0431. The zero-order valence-corrected chi connectivity index (χ0v) is 9.74. The highest BCUT2D eigenvalue weighted by Crippen LogP contribution is 2.33. The fourth-order valence-corrected chi connectivity index (χ4v) is 2.22. The predicted octanol–water partition coefficient (Wildman–Crippen LogP) is 3.06. The molecule has 0 fully saturated rings. The maximum atomic E-state index is 11.9. The van der Waals surface area contributed by atoms with Gasteiger partial charge < -0.3 is 4.74 Å². The van der Waals surface area contributed by atoms with Crippen LogP contribution in [0.15, 0.2) is 24.3 Å². The minimum Gasteiger partial charge on any atom is -0.465 e. The van der Waals surface area contributed by atoms with Crippen molar-refractivity contribution < 1.29 is 9.53 Å². The molecule has 0 saturated carbocycles. The Hall–Kier alpha value is -1.31. The first-order valence-corrected chi connectivity index (χ1v) is 6.07. The normalized spacial score (nSPS) is 18.2. The first-order valence-electron chi connectivity index (χ1n) is 6.07. The van der Waals surface area contributed by atoms with Crippen molar-refractivity contribution >= 4 is 5.97 Å². The Morgan fingerprint density at radius 3 is 3.06 bits per heavy atom. The number of ether oxygens (including phenoxy) is 1. The summed E-state index contributed by atoms with van der Waals surface area (Å²) >= 11 is 0. The Bertz CT molecular complexity index is 371. The van der Waals surface area contributed by atoms with Crippen molar-refractivity contribution in [3.8, 4) is 0 Å². The Morgan fingerprint density at radius 1 is 1.44 bits per heavy atom. The van der Waals surface area contributed by atoms with Crippen molar-refractivity contribution in [2.75, 3.05) is 6.61 Å². The van der Waals surface area contributed by atoms with Gasteiger partial charge >= 0.3 is 5.97 Å². The van der Waals surface area contributed by atoms with Crippen LogP contribution in [0.25, 0.3) is 0 Å². The molecule has 1 aliphatic rings. The summed E-state index contributed by atoms with van der Waals surface area (Å²) in [7, 11) is 0. The van der Waals surface area contributed by atoms with Crippen LogP contribution in [-0.2, 0) is 16.0 Å². The quantitative estimate of drug-likeness (QED) is 0.573. The number of rotatable bonds is 4. The summed E-state index contributed by atoms with van der Waals surface area (Å²) in [6.07, 6.45) is 3.93. The molecule has 0 bridgehead atoms. The molecule has 16 heavy (non-hydrogen) atoms. The maximum absolute atomic E-state index is 11.9. The first kappa shape index (κ1) is 11.2. The van der Waals surface area contributed by atoms with Gasteiger partial charge in [0.2, 0.25) is 0 Å². The number of benzene rings is 1. The molecule has 0 spiro atoms. The summed E-state index contributed by atoms with van der Waals surface area (Å²) in [4.78, 5) is 11.9. The number of hydrogen-bond donors (Lipinski definition) is 0. The van der Waals surface area contributed by atoms with E-state index in [1.165, 1.54) is 11.1 Å². The molecule has 1 aliphatic carbocycles. The van der Waals surface area contributed by atoms with Gasteiger partial charge in [-0.3, -0.25) is 4.79 Å². The van der Waals surface area contributed by atoms with Crippen LogP contribution in [0.3, 0.4) is 0 Å². The van der Waals surface area contributed by atoms with E-state index in [9.17, 15) is 4.79 Å². The van der Waals surface area contributed by atoms with Crippen molar-refractivity contribution in [2.45, 2.75) is 38.5 Å². The van der Waals surface area contributed by atoms with Gasteiger partial charge in [-0.2, -0.15) is 0 Å². The standard InChI is InChI=1S/C14H18O2/c1-2-3-10-16-14(15)13-9-8-11-6-4-5-7-12(11)13/h4-7,13H,2-3,8-10H2,1H3. The van der Waals surface area contributed by atoms with E-state index in [4.69, 9.17) is 4.74 Å². The Labute approximate surface area is 96.6 Å². The lowest BCUT2D eigenvalue weighted by Gasteiger charge is -2.10. The third-order valence-corrected chi connectivity index (χ3v) is 3.16. The van der Waals surface area contributed by atoms with Crippen LogP contribution in [0.2, 0.25) is 0 Å². The molecule has 1 unspecified atom stereocenters. The molecular weight excluding hydrogens is 200 g/mol. The van der Waals surface area contributed by atoms with Crippen LogP contribution >= 0.6 is 0 Å². The molecule has 0 aromatic heterocycles. The number of fused-ring (bicyclic) bond motifs is 1. The van der Waals surface area contributed by atoms with E-state index < -0.39 is 0 Å². The Kier molecular flexibility index (Phi) is 3.60. The van der Waals surface area contributed by atoms with Crippen LogP contribution in [-0.4, -0.2) is 12.6 Å². The van der Waals surface area contributed by atoms with Gasteiger partial charge in [-0.05, 0) is 30.4 Å². The molecular formula is C14H18O2. The number of carbonyl (C=O) groups excluding carboxylic acids is 1. The van der Waals surface area contributed by atoms with E-state index in [2.05, 4.69) is 13.0 Å². The first-order chi connectivity index (χ1) is 7.83. The second kappa shape index (κ2) is 5.15. The number of hydrogen-bond acceptors (Lipinski definition) is 2. The second-order valence-corrected chi connectivity index (χ2v) is 4.31. The maximum Gasteiger partial charge on any atom is 0.313 e. The van der Waals surface area contributed by atoms with Gasteiger partial charge in [0.1, 0.15) is 0 Å². The van der Waals surface area contributed by atoms with E-state index in [0.717, 1.165) is 25.7 Å². The van der Waals surface area contributed by atoms with Crippen LogP contribution in [0.1, 0.15) is 43.2 Å². The molecule has 1 aromatic rings. The average molecular weight is 218 g/mol. The van der Waals surface area contributed by atoms with E-state index in [1.807, 2.05) is 18.2 Å². The van der Waals surface area contributed by atoms with E-state index >= 15 is 0 Å². The SMILES string of the molecule is CCCCOC(=O)C1CCc2ccccc21. The van der Waals surface area contributed by atoms with Crippen molar-refractivity contribution in [2.24, 2.45) is 0 Å². The van der Waals surface area contributed by atoms with Gasteiger partial charge in [-0.15, -0.1) is 0 Å². The van der Waals surface area contributed by atoms with Crippen molar-refractivity contribution in [1.29, 1.82) is 0 Å². The van der Waals surface area contributed by atoms with Gasteiger partial charge in [0.15, 0.2) is 0 Å². The molecule has 2 nitrogen and oxygen atoms in total. The molecule has 86 valence electrons. The third-order valence-electron chi connectivity index (χ3n) is 3.16. The largest absolute Gasteiger partial charge is 0.465 e. The Morgan fingerprint density at radius 2 is 2.25 bits per heavy atom. The number of unbranched alkanes of at least 4 members (excludes halogenated alkanes) is 1. The average Bonchev–Trinajstić information content (AvgIpc) is 2.73. The molecule has 0 radical (unpaired) electrons. The highest BCUT2D eigenvalue weighted by atomic mass is 16.5. The zero-order valence-electron chi connectivity index (χ0n) is 9.74. The molecule has 2 rings (SSSR count). The van der Waals surface area contributed by atoms with Gasteiger partial charge in [0, 0.05) is 0 Å². The molecule has 2 heteroatoms. The number of carbonyl (C=O) groups is 1. The molecule has 1 atom stereocenters. The van der Waals surface area contributed by atoms with Crippen LogP contribution in [0.5, 0.6) is 0 Å². The minimum absolute atomic E-state index is 0.0203. The Balaban J connectivity index is 1.99. The summed E-state index contributed by atoms with van der Waals surface area (Å²) in [5, 5.41) is 0. The van der Waals surface area contributed by atoms with E-state index in [0.29, 0.717) is 6.61 Å². The lowest BCUT2D eigenvalue weighted by atomic mass is 10.0. The van der Waals surface area contributed by atoms with E-state index in [1.54, 1.807) is 0 Å². The smallest absolute Gasteiger partial charge is 0.313 e. The highest BCUT2D eigenvalue weighted by molar-refractivity contribution is 5.79. The van der Waals surface area contributed by atoms with Crippen molar-refractivity contribution in [1.82, 2.24) is 0 Å². The molecule has 0 heterocycles. The van der Waals surface area contributed by atoms with Gasteiger partial charge in [-0.1, -0.05) is 37.6 Å². The second-order valence-electron chi connectivity index (χ2n) is 4.31. The fraction of sp³-hybridized carbons (Fsp3) is 0.500. The summed E-state index contributed by atoms with van der Waals surface area (Å²) in [5.74, 6) is -0.0635. The molecule has 0 N–H and O–H groups in total. The topological polar surface area (TPSA) is 26.3 Å². The van der Waals surface area contributed by atoms with Crippen LogP contribution < -0.4 is 0 Å². The number of aryl methyl sites for hydroxylation is 1. The van der Waals surface area contributed by atoms with E-state index in [-0.39, 0.29) is 11.9 Å². The molecule has 0 amide bonds. The lowest BCUT2D eigenvalue weighted by molar-refractivity contribution is -0.145. The van der Waals surface area contributed by atoms with Gasteiger partial charge in [-0.25, -0.2) is 0 Å². The summed E-state index contributed by atoms with van der Waals surface area (Å²) in [5.41, 5.74) is 2.48. The van der Waals surface area contributed by atoms with Crippen LogP contribution in [0.4, 0.5) is 0 Å². The van der Waals surface area contributed by atoms with Crippen LogP contribution in [0, 0.1) is 0 Å². The van der Waals surface area contributed by atoms with Crippen molar-refractivity contribution in [3.05, 3.63) is 35.4 Å². The summed E-state index contributed by atoms with van der Waals surface area (Å²) < 4.78 is 5.28. The molecule has 0 saturated heterocycles. The zero-order chi connectivity index (χ0) is 11.4. The predicted molar refractivity (Wildman–Crippen MR) is 63.4 cm³/mol. The fourth-order valence-electron chi connectivity index (χ4n) is 2.22. The summed E-state index contributed by atoms with van der Waals surface area (Å²) in [6.45, 7) is 2.66. The highest BCUT2D eigenvalue weighted by Gasteiger charge is 2.29. The lowest BCUT2D eigenvalue weighted by Crippen LogP contribution is -2.14. The number of esters is 1. The summed E-state index contributed by atoms with van der Waals surface area (Å²) in [6, 6.07) is 8.18. The third kappa shape index (κ3) is 2.26. The monoisotopic (exact) mass is 218 g/mol. The van der Waals surface area contributed by atoms with Crippen molar-refractivity contribution in [3.63, 3.8) is 0 Å². The molecule has 1 aromatic carbocycles. The molecule has 0 aliphatic heterocycles. The van der Waals surface area contributed by atoms with Gasteiger partial charge in [0.05, 0.1) is 12.5 Å².